The van der Waals surface area contributed by atoms with E-state index in [0.717, 1.165) is 24.3 Å². The van der Waals surface area contributed by atoms with Crippen LogP contribution in [0, 0.1) is 11.3 Å². The summed E-state index contributed by atoms with van der Waals surface area (Å²) in [5.41, 5.74) is -0.159. The van der Waals surface area contributed by atoms with Gasteiger partial charge in [-0.15, -0.1) is 0 Å². The lowest BCUT2D eigenvalue weighted by Gasteiger charge is -2.14. The monoisotopic (exact) mass is 362 g/mol. The maximum Gasteiger partial charge on any atom is 0.416 e. The summed E-state index contributed by atoms with van der Waals surface area (Å²) in [6.07, 6.45) is -5.67. The van der Waals surface area contributed by atoms with E-state index in [4.69, 9.17) is 10.00 Å². The first kappa shape index (κ1) is 19.0. The van der Waals surface area contributed by atoms with Crippen molar-refractivity contribution in [2.45, 2.75) is 19.2 Å². The Morgan fingerprint density at radius 2 is 1.65 bits per heavy atom. The fourth-order valence-corrected chi connectivity index (χ4v) is 1.95. The van der Waals surface area contributed by atoms with Gasteiger partial charge in [0.25, 0.3) is 5.91 Å². The number of hydrogen-bond acceptors (Lipinski definition) is 4. The number of nitriles is 1. The van der Waals surface area contributed by atoms with E-state index in [1.807, 2.05) is 6.07 Å². The molecule has 134 valence electrons. The molecule has 0 radical (unpaired) electrons. The number of carbonyl (C=O) groups excluding carboxylic acids is 2. The molecule has 1 atom stereocenters. The molecule has 26 heavy (non-hydrogen) atoms. The Kier molecular flexibility index (Phi) is 5.62. The number of anilines is 1. The number of nitrogens with one attached hydrogen (secondary N) is 1. The van der Waals surface area contributed by atoms with Gasteiger partial charge in [-0.25, -0.2) is 4.79 Å². The van der Waals surface area contributed by atoms with Crippen molar-refractivity contribution in [3.63, 3.8) is 0 Å². The van der Waals surface area contributed by atoms with Crippen molar-refractivity contribution in [1.82, 2.24) is 0 Å². The first-order chi connectivity index (χ1) is 12.2. The van der Waals surface area contributed by atoms with Gasteiger partial charge in [-0.3, -0.25) is 4.79 Å². The Bertz CT molecular complexity index is 838. The van der Waals surface area contributed by atoms with Gasteiger partial charge in [0.05, 0.1) is 22.8 Å². The van der Waals surface area contributed by atoms with Crippen LogP contribution in [0.25, 0.3) is 0 Å². The zero-order valence-corrected chi connectivity index (χ0v) is 13.5. The number of esters is 1. The summed E-state index contributed by atoms with van der Waals surface area (Å²) in [4.78, 5) is 24.0. The van der Waals surface area contributed by atoms with Crippen molar-refractivity contribution >= 4 is 17.6 Å². The highest BCUT2D eigenvalue weighted by molar-refractivity contribution is 5.97. The summed E-state index contributed by atoms with van der Waals surface area (Å²) in [5.74, 6) is -1.53. The molecule has 2 aromatic carbocycles. The van der Waals surface area contributed by atoms with Crippen LogP contribution in [0.3, 0.4) is 0 Å². The maximum absolute atomic E-state index is 12.5. The van der Waals surface area contributed by atoms with Crippen molar-refractivity contribution in [2.24, 2.45) is 0 Å². The van der Waals surface area contributed by atoms with Crippen molar-refractivity contribution in [3.8, 4) is 6.07 Å². The minimum atomic E-state index is -4.50. The van der Waals surface area contributed by atoms with Gasteiger partial charge in [-0.2, -0.15) is 18.4 Å². The Hall–Kier alpha value is -3.34. The molecule has 0 saturated carbocycles. The minimum absolute atomic E-state index is 0.101. The summed E-state index contributed by atoms with van der Waals surface area (Å²) in [5, 5.41) is 11.2. The van der Waals surface area contributed by atoms with Crippen LogP contribution in [0.5, 0.6) is 0 Å². The van der Waals surface area contributed by atoms with E-state index in [9.17, 15) is 22.8 Å². The Balaban J connectivity index is 1.97. The molecule has 2 aromatic rings. The Morgan fingerprint density at radius 3 is 2.15 bits per heavy atom. The standard InChI is InChI=1S/C18H13F3N2O3/c1-11(16(24)23-15-8-2-12(10-22)3-9-15)26-17(25)13-4-6-14(7-5-13)18(19,20)21/h2-9,11H,1H3,(H,23,24)/t11-/m0/s1. The van der Waals surface area contributed by atoms with Gasteiger partial charge in [0.15, 0.2) is 6.10 Å². The van der Waals surface area contributed by atoms with E-state index in [2.05, 4.69) is 5.32 Å². The van der Waals surface area contributed by atoms with Gasteiger partial charge in [0.2, 0.25) is 0 Å². The largest absolute Gasteiger partial charge is 0.449 e. The van der Waals surface area contributed by atoms with E-state index in [-0.39, 0.29) is 5.56 Å². The molecule has 0 aromatic heterocycles. The van der Waals surface area contributed by atoms with Crippen LogP contribution >= 0.6 is 0 Å². The number of benzene rings is 2. The van der Waals surface area contributed by atoms with Crippen LogP contribution in [0.1, 0.15) is 28.4 Å². The van der Waals surface area contributed by atoms with Crippen LogP contribution in [-0.2, 0) is 15.7 Å². The molecular formula is C18H13F3N2O3. The van der Waals surface area contributed by atoms with E-state index in [1.54, 1.807) is 0 Å². The lowest BCUT2D eigenvalue weighted by molar-refractivity contribution is -0.137. The second-order valence-electron chi connectivity index (χ2n) is 5.30. The number of halogens is 3. The molecule has 0 unspecified atom stereocenters. The topological polar surface area (TPSA) is 79.2 Å². The normalized spacial score (nSPS) is 12.0. The molecule has 1 amide bonds. The van der Waals surface area contributed by atoms with Gasteiger partial charge in [0, 0.05) is 5.69 Å². The van der Waals surface area contributed by atoms with Crippen LogP contribution in [-0.4, -0.2) is 18.0 Å². The molecule has 8 heteroatoms. The molecule has 0 aliphatic carbocycles. The lowest BCUT2D eigenvalue weighted by Crippen LogP contribution is -2.30. The molecule has 1 N–H and O–H groups in total. The third kappa shape index (κ3) is 4.83. The highest BCUT2D eigenvalue weighted by atomic mass is 19.4. The number of carbonyl (C=O) groups is 2. The molecule has 0 heterocycles. The second kappa shape index (κ2) is 7.70. The fraction of sp³-hybridized carbons (Fsp3) is 0.167. The zero-order chi connectivity index (χ0) is 19.3. The molecule has 0 fully saturated rings. The zero-order valence-electron chi connectivity index (χ0n) is 13.5. The number of hydrogen-bond donors (Lipinski definition) is 1. The summed E-state index contributed by atoms with van der Waals surface area (Å²) in [6.45, 7) is 1.33. The average molecular weight is 362 g/mol. The number of ether oxygens (including phenoxy) is 1. The quantitative estimate of drug-likeness (QED) is 0.840. The molecule has 0 aliphatic heterocycles. The third-order valence-corrected chi connectivity index (χ3v) is 3.38. The van der Waals surface area contributed by atoms with Crippen molar-refractivity contribution in [1.29, 1.82) is 5.26 Å². The van der Waals surface area contributed by atoms with Crippen molar-refractivity contribution in [3.05, 3.63) is 65.2 Å². The Morgan fingerprint density at radius 1 is 1.08 bits per heavy atom. The van der Waals surface area contributed by atoms with Crippen LogP contribution in [0.4, 0.5) is 18.9 Å². The predicted octanol–water partition coefficient (Wildman–Crippen LogP) is 3.76. The summed E-state index contributed by atoms with van der Waals surface area (Å²) in [7, 11) is 0. The number of amides is 1. The van der Waals surface area contributed by atoms with E-state index in [0.29, 0.717) is 11.3 Å². The summed E-state index contributed by atoms with van der Waals surface area (Å²) in [6, 6.07) is 11.5. The summed E-state index contributed by atoms with van der Waals surface area (Å²) >= 11 is 0. The van der Waals surface area contributed by atoms with Gasteiger partial charge < -0.3 is 10.1 Å². The molecule has 0 aliphatic rings. The smallest absolute Gasteiger partial charge is 0.416 e. The van der Waals surface area contributed by atoms with E-state index < -0.39 is 29.7 Å². The number of alkyl halides is 3. The first-order valence-electron chi connectivity index (χ1n) is 7.40. The number of rotatable bonds is 4. The molecule has 2 rings (SSSR count). The average Bonchev–Trinajstić information content (AvgIpc) is 2.61. The first-order valence-corrected chi connectivity index (χ1v) is 7.40. The molecule has 5 nitrogen and oxygen atoms in total. The van der Waals surface area contributed by atoms with E-state index in [1.165, 1.54) is 31.2 Å². The van der Waals surface area contributed by atoms with Crippen molar-refractivity contribution in [2.75, 3.05) is 5.32 Å². The molecule has 0 saturated heterocycles. The molecular weight excluding hydrogens is 349 g/mol. The second-order valence-corrected chi connectivity index (χ2v) is 5.30. The fourth-order valence-electron chi connectivity index (χ4n) is 1.95. The van der Waals surface area contributed by atoms with Gasteiger partial charge in [-0.05, 0) is 55.5 Å². The van der Waals surface area contributed by atoms with Gasteiger partial charge >= 0.3 is 12.1 Å². The predicted molar refractivity (Wildman–Crippen MR) is 86.1 cm³/mol. The molecule has 0 spiro atoms. The number of nitrogens with zero attached hydrogens (tertiary/aromatic N) is 1. The van der Waals surface area contributed by atoms with Crippen LogP contribution < -0.4 is 5.32 Å². The molecule has 0 bridgehead atoms. The highest BCUT2D eigenvalue weighted by Crippen LogP contribution is 2.29. The highest BCUT2D eigenvalue weighted by Gasteiger charge is 2.30. The SMILES string of the molecule is C[C@H](OC(=O)c1ccc(C(F)(F)F)cc1)C(=O)Nc1ccc(C#N)cc1. The van der Waals surface area contributed by atoms with Gasteiger partial charge in [0.1, 0.15) is 0 Å². The van der Waals surface area contributed by atoms with Crippen molar-refractivity contribution < 1.29 is 27.5 Å². The maximum atomic E-state index is 12.5. The third-order valence-electron chi connectivity index (χ3n) is 3.38. The van der Waals surface area contributed by atoms with Gasteiger partial charge in [-0.1, -0.05) is 0 Å². The van der Waals surface area contributed by atoms with Crippen LogP contribution in [0.2, 0.25) is 0 Å². The lowest BCUT2D eigenvalue weighted by atomic mass is 10.1. The minimum Gasteiger partial charge on any atom is -0.449 e. The summed E-state index contributed by atoms with van der Waals surface area (Å²) < 4.78 is 42.5. The van der Waals surface area contributed by atoms with Crippen LogP contribution in [0.15, 0.2) is 48.5 Å². The Labute approximate surface area is 147 Å². The van der Waals surface area contributed by atoms with E-state index >= 15 is 0 Å².